The molecule has 2 fully saturated rings. The predicted molar refractivity (Wildman–Crippen MR) is 151 cm³/mol. The second-order valence-electron chi connectivity index (χ2n) is 10.1. The molecule has 15 heteroatoms. The summed E-state index contributed by atoms with van der Waals surface area (Å²) in [7, 11) is 0. The van der Waals surface area contributed by atoms with E-state index < -0.39 is 73.4 Å². The summed E-state index contributed by atoms with van der Waals surface area (Å²) in [5.41, 5.74) is 0.899. The molecule has 8 N–H and O–H groups in total. The third-order valence-electron chi connectivity index (χ3n) is 7.02. The van der Waals surface area contributed by atoms with Gasteiger partial charge in [-0.05, 0) is 12.1 Å². The van der Waals surface area contributed by atoms with Crippen LogP contribution >= 0.6 is 0 Å². The van der Waals surface area contributed by atoms with Gasteiger partial charge in [-0.3, -0.25) is 0 Å². The number of benzene rings is 2. The van der Waals surface area contributed by atoms with Crippen molar-refractivity contribution in [1.29, 1.82) is 0 Å². The first kappa shape index (κ1) is 34.0. The van der Waals surface area contributed by atoms with E-state index in [-0.39, 0.29) is 24.7 Å². The Labute approximate surface area is 256 Å². The molecule has 0 saturated carbocycles. The molecule has 2 aliphatic rings. The lowest BCUT2D eigenvalue weighted by Crippen LogP contribution is -2.64. The Balaban J connectivity index is 1.43. The van der Waals surface area contributed by atoms with Gasteiger partial charge in [0.2, 0.25) is 0 Å². The van der Waals surface area contributed by atoms with Crippen LogP contribution in [0.1, 0.15) is 11.1 Å². The number of hydrogen-bond acceptors (Lipinski definition) is 14. The van der Waals surface area contributed by atoms with E-state index in [0.29, 0.717) is 11.1 Å². The van der Waals surface area contributed by atoms with Crippen molar-refractivity contribution in [3.05, 3.63) is 71.8 Å². The maximum Gasteiger partial charge on any atom is 0.338 e. The van der Waals surface area contributed by atoms with Gasteiger partial charge in [-0.1, -0.05) is 60.7 Å². The maximum absolute atomic E-state index is 13.1. The molecule has 45 heavy (non-hydrogen) atoms. The Morgan fingerprint density at radius 1 is 0.667 bits per heavy atom. The second-order valence-corrected chi connectivity index (χ2v) is 10.1. The van der Waals surface area contributed by atoms with E-state index in [4.69, 9.17) is 23.7 Å². The molecule has 1 unspecified atom stereocenters. The number of para-hydroxylation sites is 2. The summed E-state index contributed by atoms with van der Waals surface area (Å²) < 4.78 is 26.8. The second kappa shape index (κ2) is 15.4. The van der Waals surface area contributed by atoms with E-state index in [0.717, 1.165) is 0 Å². The predicted octanol–water partition coefficient (Wildman–Crippen LogP) is -0.892. The van der Waals surface area contributed by atoms with Gasteiger partial charge in [0.05, 0.1) is 13.2 Å². The zero-order chi connectivity index (χ0) is 32.7. The number of carboxylic acids is 1. The molecular weight excluding hydrogens is 600 g/mol. The number of aliphatic carboxylic acids is 1. The van der Waals surface area contributed by atoms with Crippen molar-refractivity contribution < 1.29 is 74.1 Å². The fourth-order valence-corrected chi connectivity index (χ4v) is 4.59. The molecule has 0 spiro atoms. The molecule has 10 atom stereocenters. The first-order valence-electron chi connectivity index (χ1n) is 13.8. The van der Waals surface area contributed by atoms with Crippen molar-refractivity contribution in [2.75, 3.05) is 13.2 Å². The first-order valence-corrected chi connectivity index (χ1v) is 13.8. The van der Waals surface area contributed by atoms with E-state index in [2.05, 4.69) is 0 Å². The number of esters is 1. The highest BCUT2D eigenvalue weighted by molar-refractivity contribution is 5.76. The van der Waals surface area contributed by atoms with Gasteiger partial charge in [0.1, 0.15) is 42.0 Å². The lowest BCUT2D eigenvalue weighted by Gasteiger charge is -2.42. The normalized spacial score (nSPS) is 32.1. The van der Waals surface area contributed by atoms with Crippen LogP contribution in [-0.4, -0.2) is 127 Å². The van der Waals surface area contributed by atoms with Gasteiger partial charge >= 0.3 is 11.9 Å². The number of carboxylic acid groups (broad SMARTS) is 1. The van der Waals surface area contributed by atoms with Crippen molar-refractivity contribution in [3.8, 4) is 11.5 Å². The largest absolute Gasteiger partial charge is 0.507 e. The van der Waals surface area contributed by atoms with Gasteiger partial charge < -0.3 is 64.5 Å². The van der Waals surface area contributed by atoms with Gasteiger partial charge in [0.15, 0.2) is 30.9 Å². The van der Waals surface area contributed by atoms with Crippen LogP contribution in [0.25, 0.3) is 12.2 Å². The van der Waals surface area contributed by atoms with Crippen molar-refractivity contribution in [3.63, 3.8) is 0 Å². The van der Waals surface area contributed by atoms with Crippen molar-refractivity contribution in [1.82, 2.24) is 0 Å². The fourth-order valence-electron chi connectivity index (χ4n) is 4.59. The molecule has 2 heterocycles. The molecule has 0 aliphatic carbocycles. The monoisotopic (exact) mass is 634 g/mol. The van der Waals surface area contributed by atoms with Crippen molar-refractivity contribution in [2.45, 2.75) is 61.4 Å². The lowest BCUT2D eigenvalue weighted by molar-refractivity contribution is -0.311. The average Bonchev–Trinajstić information content (AvgIpc) is 3.01. The highest BCUT2D eigenvalue weighted by Gasteiger charge is 2.53. The minimum absolute atomic E-state index is 0.00604. The molecule has 244 valence electrons. The third kappa shape index (κ3) is 8.23. The van der Waals surface area contributed by atoms with E-state index >= 15 is 0 Å². The molecule has 2 aliphatic heterocycles. The van der Waals surface area contributed by atoms with Gasteiger partial charge in [-0.15, -0.1) is 0 Å². The molecule has 2 saturated heterocycles. The summed E-state index contributed by atoms with van der Waals surface area (Å²) in [5, 5.41) is 81.3. The average molecular weight is 635 g/mol. The summed E-state index contributed by atoms with van der Waals surface area (Å²) in [6.45, 7) is -0.511. The number of aliphatic hydroxyl groups is 5. The summed E-state index contributed by atoms with van der Waals surface area (Å²) in [6, 6.07) is 12.8. The van der Waals surface area contributed by atoms with Crippen LogP contribution in [0, 0.1) is 0 Å². The van der Waals surface area contributed by atoms with Crippen LogP contribution in [0.5, 0.6) is 11.5 Å². The summed E-state index contributed by atoms with van der Waals surface area (Å²) in [5.74, 6) is -3.04. The Hall–Kier alpha value is -3.90. The number of phenolic OH excluding ortho intramolecular Hbond substituents is 2. The zero-order valence-corrected chi connectivity index (χ0v) is 23.6. The highest BCUT2D eigenvalue weighted by Crippen LogP contribution is 2.29. The van der Waals surface area contributed by atoms with Gasteiger partial charge in [0.25, 0.3) is 0 Å². The number of carbonyl (C=O) groups is 2. The molecule has 2 aromatic carbocycles. The Morgan fingerprint density at radius 2 is 1.16 bits per heavy atom. The number of hydrogen-bond donors (Lipinski definition) is 8. The van der Waals surface area contributed by atoms with Gasteiger partial charge in [-0.2, -0.15) is 0 Å². The molecule has 15 nitrogen and oxygen atoms in total. The smallest absolute Gasteiger partial charge is 0.338 e. The van der Waals surface area contributed by atoms with Crippen LogP contribution in [0.2, 0.25) is 0 Å². The number of aromatic hydroxyl groups is 2. The van der Waals surface area contributed by atoms with E-state index in [1.165, 1.54) is 36.4 Å². The lowest BCUT2D eigenvalue weighted by atomic mass is 9.97. The maximum atomic E-state index is 13.1. The highest BCUT2D eigenvalue weighted by atomic mass is 16.7. The molecule has 0 aromatic heterocycles. The van der Waals surface area contributed by atoms with Crippen LogP contribution in [-0.2, 0) is 33.3 Å². The molecule has 0 amide bonds. The Bertz CT molecular complexity index is 1360. The number of ether oxygens (including phenoxy) is 5. The minimum Gasteiger partial charge on any atom is -0.507 e. The number of rotatable bonds is 11. The summed E-state index contributed by atoms with van der Waals surface area (Å²) in [4.78, 5) is 24.7. The number of phenols is 2. The topological polar surface area (TPSA) is 242 Å². The van der Waals surface area contributed by atoms with Gasteiger partial charge in [-0.25, -0.2) is 9.59 Å². The Kier molecular flexibility index (Phi) is 11.6. The number of carbonyl (C=O) groups excluding carboxylic acids is 1. The Morgan fingerprint density at radius 3 is 1.69 bits per heavy atom. The van der Waals surface area contributed by atoms with E-state index in [9.17, 15) is 50.4 Å². The molecule has 0 radical (unpaired) electrons. The quantitative estimate of drug-likeness (QED) is 0.140. The standard InChI is InChI=1S/C30H34O15/c31-17-11-3-1-7-15(17)9-5-13-41-29-23(37)19(33)20(34)25(45-29)28(40)43-26-22(36)21(35)24(27(38)39)44-30(26)42-14-6-10-16-8-2-4-12-18(16)32/h1-12,19-26,29-37H,13-14H2,(H,38,39)/t19-,20-,21-,22-,23+,24-,25-,26+,29?,30+/m0/s1. The minimum atomic E-state index is -2.06. The third-order valence-corrected chi connectivity index (χ3v) is 7.02. The van der Waals surface area contributed by atoms with Gasteiger partial charge in [0, 0.05) is 11.1 Å². The SMILES string of the molecule is O=C(O)[C@H]1O[C@@H](OCC=Cc2ccccc2O)[C@H](OC(=O)[C@H]2OC(OCC=Cc3ccccc3O)[C@H](O)[C@@H](O)[C@@H]2O)[C@@H](O)[C@@H]1O. The first-order chi connectivity index (χ1) is 21.5. The van der Waals surface area contributed by atoms with Crippen LogP contribution < -0.4 is 0 Å². The zero-order valence-electron chi connectivity index (χ0n) is 23.6. The van der Waals surface area contributed by atoms with Crippen LogP contribution in [0.3, 0.4) is 0 Å². The van der Waals surface area contributed by atoms with Crippen molar-refractivity contribution in [2.24, 2.45) is 0 Å². The summed E-state index contributed by atoms with van der Waals surface area (Å²) in [6.07, 6.45) is -13.2. The molecule has 2 aromatic rings. The van der Waals surface area contributed by atoms with Crippen LogP contribution in [0.15, 0.2) is 60.7 Å². The van der Waals surface area contributed by atoms with E-state index in [1.807, 2.05) is 0 Å². The molecule has 0 bridgehead atoms. The van der Waals surface area contributed by atoms with E-state index in [1.54, 1.807) is 36.4 Å². The number of aliphatic hydroxyl groups excluding tert-OH is 5. The van der Waals surface area contributed by atoms with Crippen molar-refractivity contribution >= 4 is 24.1 Å². The van der Waals surface area contributed by atoms with Crippen LogP contribution in [0.4, 0.5) is 0 Å². The molecule has 4 rings (SSSR count). The summed E-state index contributed by atoms with van der Waals surface area (Å²) >= 11 is 0. The fraction of sp³-hybridized carbons (Fsp3) is 0.400. The molecular formula is C30H34O15.